The third-order valence-corrected chi connectivity index (χ3v) is 4.08. The Hall–Kier alpha value is -2.07. The van der Waals surface area contributed by atoms with Gasteiger partial charge in [0.15, 0.2) is 0 Å². The molecule has 0 saturated heterocycles. The van der Waals surface area contributed by atoms with Crippen LogP contribution in [0.5, 0.6) is 5.75 Å². The standard InChI is InChI=1S/C16H16O3S/c1-10-6-7-20-15(10)9-13(16(17)18)12-4-5-14(19-3)11(2)8-12/h4-9H,1-3H3,(H,17,18)/b13-9-. The number of hydrogen-bond acceptors (Lipinski definition) is 3. The molecule has 104 valence electrons. The Kier molecular flexibility index (Phi) is 4.25. The van der Waals surface area contributed by atoms with Gasteiger partial charge in [0.05, 0.1) is 12.7 Å². The molecular weight excluding hydrogens is 272 g/mol. The lowest BCUT2D eigenvalue weighted by molar-refractivity contribution is -0.130. The van der Waals surface area contributed by atoms with Gasteiger partial charge in [-0.3, -0.25) is 0 Å². The minimum absolute atomic E-state index is 0.293. The Labute approximate surface area is 122 Å². The van der Waals surface area contributed by atoms with Crippen LogP contribution in [0.2, 0.25) is 0 Å². The highest BCUT2D eigenvalue weighted by Gasteiger charge is 2.13. The Morgan fingerprint density at radius 3 is 2.50 bits per heavy atom. The van der Waals surface area contributed by atoms with Gasteiger partial charge in [0.2, 0.25) is 0 Å². The van der Waals surface area contributed by atoms with Crippen molar-refractivity contribution >= 4 is 29.0 Å². The molecule has 0 saturated carbocycles. The van der Waals surface area contributed by atoms with E-state index in [0.717, 1.165) is 21.8 Å². The summed E-state index contributed by atoms with van der Waals surface area (Å²) in [5, 5.41) is 11.4. The number of hydrogen-bond donors (Lipinski definition) is 1. The fourth-order valence-electron chi connectivity index (χ4n) is 1.98. The summed E-state index contributed by atoms with van der Waals surface area (Å²) in [4.78, 5) is 12.5. The molecular formula is C16H16O3S. The van der Waals surface area contributed by atoms with Crippen LogP contribution in [-0.4, -0.2) is 18.2 Å². The van der Waals surface area contributed by atoms with Crippen LogP contribution in [0.4, 0.5) is 0 Å². The van der Waals surface area contributed by atoms with E-state index in [1.807, 2.05) is 31.4 Å². The second-order valence-electron chi connectivity index (χ2n) is 4.52. The molecule has 2 rings (SSSR count). The highest BCUT2D eigenvalue weighted by molar-refractivity contribution is 7.11. The van der Waals surface area contributed by atoms with Gasteiger partial charge in [-0.2, -0.15) is 0 Å². The van der Waals surface area contributed by atoms with Crippen LogP contribution in [0.25, 0.3) is 11.6 Å². The van der Waals surface area contributed by atoms with Gasteiger partial charge in [-0.05, 0) is 60.2 Å². The van der Waals surface area contributed by atoms with E-state index in [4.69, 9.17) is 4.74 Å². The quantitative estimate of drug-likeness (QED) is 0.865. The number of carboxylic acids is 1. The maximum absolute atomic E-state index is 11.5. The lowest BCUT2D eigenvalue weighted by Crippen LogP contribution is -2.00. The van der Waals surface area contributed by atoms with Crippen LogP contribution < -0.4 is 4.74 Å². The fourth-order valence-corrected chi connectivity index (χ4v) is 2.84. The molecule has 1 aromatic carbocycles. The number of benzene rings is 1. The number of aliphatic carboxylic acids is 1. The molecule has 0 unspecified atom stereocenters. The van der Waals surface area contributed by atoms with Gasteiger partial charge < -0.3 is 9.84 Å². The first-order chi connectivity index (χ1) is 9.52. The van der Waals surface area contributed by atoms with Crippen molar-refractivity contribution < 1.29 is 14.6 Å². The summed E-state index contributed by atoms with van der Waals surface area (Å²) in [7, 11) is 1.60. The van der Waals surface area contributed by atoms with Gasteiger partial charge in [0.1, 0.15) is 5.75 Å². The van der Waals surface area contributed by atoms with Crippen molar-refractivity contribution in [3.8, 4) is 5.75 Å². The summed E-state index contributed by atoms with van der Waals surface area (Å²) in [6.07, 6.45) is 1.73. The summed E-state index contributed by atoms with van der Waals surface area (Å²) in [6.45, 7) is 3.87. The Morgan fingerprint density at radius 1 is 1.25 bits per heavy atom. The van der Waals surface area contributed by atoms with E-state index in [9.17, 15) is 9.90 Å². The molecule has 0 fully saturated rings. The summed E-state index contributed by atoms with van der Waals surface area (Å²) in [6, 6.07) is 7.38. The van der Waals surface area contributed by atoms with Crippen molar-refractivity contribution in [2.45, 2.75) is 13.8 Å². The molecule has 0 aliphatic heterocycles. The number of rotatable bonds is 4. The first-order valence-electron chi connectivity index (χ1n) is 6.17. The van der Waals surface area contributed by atoms with Crippen molar-refractivity contribution in [2.75, 3.05) is 7.11 Å². The van der Waals surface area contributed by atoms with Crippen LogP contribution in [0.3, 0.4) is 0 Å². The van der Waals surface area contributed by atoms with E-state index in [-0.39, 0.29) is 0 Å². The minimum atomic E-state index is -0.928. The first kappa shape index (κ1) is 14.3. The molecule has 0 radical (unpaired) electrons. The molecule has 1 heterocycles. The lowest BCUT2D eigenvalue weighted by Gasteiger charge is -2.08. The second-order valence-corrected chi connectivity index (χ2v) is 5.46. The smallest absolute Gasteiger partial charge is 0.336 e. The third kappa shape index (κ3) is 2.91. The molecule has 0 atom stereocenters. The second kappa shape index (κ2) is 5.92. The molecule has 0 amide bonds. The first-order valence-corrected chi connectivity index (χ1v) is 7.05. The number of aryl methyl sites for hydroxylation is 2. The van der Waals surface area contributed by atoms with Gasteiger partial charge in [0.25, 0.3) is 0 Å². The van der Waals surface area contributed by atoms with Crippen LogP contribution in [-0.2, 0) is 4.79 Å². The maximum Gasteiger partial charge on any atom is 0.336 e. The average molecular weight is 288 g/mol. The predicted octanol–water partition coefficient (Wildman–Crippen LogP) is 4.00. The summed E-state index contributed by atoms with van der Waals surface area (Å²) >= 11 is 1.54. The van der Waals surface area contributed by atoms with Crippen LogP contribution in [0.15, 0.2) is 29.6 Å². The molecule has 4 heteroatoms. The predicted molar refractivity (Wildman–Crippen MR) is 82.3 cm³/mol. The lowest BCUT2D eigenvalue weighted by atomic mass is 10.0. The number of methoxy groups -OCH3 is 1. The molecule has 0 aliphatic rings. The van der Waals surface area contributed by atoms with Crippen LogP contribution in [0, 0.1) is 13.8 Å². The zero-order valence-electron chi connectivity index (χ0n) is 11.6. The monoisotopic (exact) mass is 288 g/mol. The molecule has 1 aromatic heterocycles. The molecule has 0 spiro atoms. The summed E-state index contributed by atoms with van der Waals surface area (Å²) in [5.74, 6) is -0.173. The normalized spacial score (nSPS) is 11.4. The van der Waals surface area contributed by atoms with E-state index in [1.165, 1.54) is 11.3 Å². The van der Waals surface area contributed by atoms with Gasteiger partial charge >= 0.3 is 5.97 Å². The summed E-state index contributed by atoms with van der Waals surface area (Å²) in [5.41, 5.74) is 2.98. The largest absolute Gasteiger partial charge is 0.496 e. The number of carbonyl (C=O) groups is 1. The van der Waals surface area contributed by atoms with Crippen LogP contribution in [0.1, 0.15) is 21.6 Å². The zero-order valence-corrected chi connectivity index (χ0v) is 12.5. The van der Waals surface area contributed by atoms with Crippen molar-refractivity contribution in [3.05, 3.63) is 51.2 Å². The average Bonchev–Trinajstić information content (AvgIpc) is 2.81. The van der Waals surface area contributed by atoms with Gasteiger partial charge in [-0.1, -0.05) is 6.07 Å². The van der Waals surface area contributed by atoms with Crippen molar-refractivity contribution in [1.82, 2.24) is 0 Å². The van der Waals surface area contributed by atoms with Crippen molar-refractivity contribution in [3.63, 3.8) is 0 Å². The Morgan fingerprint density at radius 2 is 2.00 bits per heavy atom. The Balaban J connectivity index is 2.49. The zero-order chi connectivity index (χ0) is 14.7. The van der Waals surface area contributed by atoms with E-state index < -0.39 is 5.97 Å². The SMILES string of the molecule is COc1ccc(/C(=C/c2sccc2C)C(=O)O)cc1C. The summed E-state index contributed by atoms with van der Waals surface area (Å²) < 4.78 is 5.20. The van der Waals surface area contributed by atoms with E-state index in [0.29, 0.717) is 11.1 Å². The maximum atomic E-state index is 11.5. The van der Waals surface area contributed by atoms with Crippen LogP contribution >= 0.6 is 11.3 Å². The Bertz CT molecular complexity index is 668. The van der Waals surface area contributed by atoms with E-state index >= 15 is 0 Å². The number of carboxylic acid groups (broad SMARTS) is 1. The molecule has 20 heavy (non-hydrogen) atoms. The number of thiophene rings is 1. The van der Waals surface area contributed by atoms with Gasteiger partial charge in [-0.15, -0.1) is 11.3 Å². The van der Waals surface area contributed by atoms with Crippen molar-refractivity contribution in [2.24, 2.45) is 0 Å². The van der Waals surface area contributed by atoms with E-state index in [1.54, 1.807) is 25.3 Å². The molecule has 1 N–H and O–H groups in total. The van der Waals surface area contributed by atoms with E-state index in [2.05, 4.69) is 0 Å². The molecule has 2 aromatic rings. The van der Waals surface area contributed by atoms with Gasteiger partial charge in [0, 0.05) is 4.88 Å². The third-order valence-electron chi connectivity index (χ3n) is 3.11. The minimum Gasteiger partial charge on any atom is -0.496 e. The molecule has 0 aliphatic carbocycles. The molecule has 3 nitrogen and oxygen atoms in total. The fraction of sp³-hybridized carbons (Fsp3) is 0.188. The van der Waals surface area contributed by atoms with Gasteiger partial charge in [-0.25, -0.2) is 4.79 Å². The highest BCUT2D eigenvalue weighted by Crippen LogP contribution is 2.27. The topological polar surface area (TPSA) is 46.5 Å². The highest BCUT2D eigenvalue weighted by atomic mass is 32.1. The number of ether oxygens (including phenoxy) is 1. The van der Waals surface area contributed by atoms with Crippen molar-refractivity contribution in [1.29, 1.82) is 0 Å². The molecule has 0 bridgehead atoms.